The van der Waals surface area contributed by atoms with Gasteiger partial charge in [-0.1, -0.05) is 27.7 Å². The van der Waals surface area contributed by atoms with E-state index in [0.29, 0.717) is 13.0 Å². The third-order valence-electron chi connectivity index (χ3n) is 3.85. The van der Waals surface area contributed by atoms with E-state index >= 15 is 0 Å². The predicted octanol–water partition coefficient (Wildman–Crippen LogP) is 2.28. The quantitative estimate of drug-likeness (QED) is 0.866. The highest BCUT2D eigenvalue weighted by Gasteiger charge is 2.45. The molecule has 20 heavy (non-hydrogen) atoms. The molecule has 0 spiro atoms. The number of carbonyl (C=O) groups is 2. The predicted molar refractivity (Wildman–Crippen MR) is 84.8 cm³/mol. The maximum atomic E-state index is 12.8. The number of piperazine rings is 1. The third kappa shape index (κ3) is 3.68. The number of thioether (sulfide) groups is 1. The molecule has 0 aromatic carbocycles. The van der Waals surface area contributed by atoms with Crippen LogP contribution in [0.2, 0.25) is 0 Å². The van der Waals surface area contributed by atoms with E-state index < -0.39 is 6.04 Å². The molecular weight excluding hydrogens is 272 g/mol. The molecule has 0 aliphatic carbocycles. The van der Waals surface area contributed by atoms with Crippen molar-refractivity contribution in [2.45, 2.75) is 64.8 Å². The van der Waals surface area contributed by atoms with E-state index in [2.05, 4.69) is 19.2 Å². The Hall–Kier alpha value is -0.710. The minimum atomic E-state index is -0.435. The van der Waals surface area contributed by atoms with E-state index in [9.17, 15) is 9.59 Å². The van der Waals surface area contributed by atoms with Crippen LogP contribution in [0.1, 0.15) is 48.0 Å². The van der Waals surface area contributed by atoms with Crippen LogP contribution < -0.4 is 5.32 Å². The van der Waals surface area contributed by atoms with E-state index in [-0.39, 0.29) is 28.0 Å². The summed E-state index contributed by atoms with van der Waals surface area (Å²) in [6.07, 6.45) is 2.69. The number of nitrogens with one attached hydrogen (secondary N) is 1. The topological polar surface area (TPSA) is 49.4 Å². The number of carbonyl (C=O) groups excluding carboxylic acids is 2. The largest absolute Gasteiger partial charge is 0.342 e. The van der Waals surface area contributed by atoms with Gasteiger partial charge in [-0.25, -0.2) is 0 Å². The van der Waals surface area contributed by atoms with Gasteiger partial charge in [-0.05, 0) is 31.9 Å². The van der Waals surface area contributed by atoms with Crippen LogP contribution in [0, 0.1) is 5.41 Å². The van der Waals surface area contributed by atoms with Gasteiger partial charge in [0.2, 0.25) is 11.8 Å². The Balaban J connectivity index is 3.07. The summed E-state index contributed by atoms with van der Waals surface area (Å²) in [7, 11) is 0. The van der Waals surface area contributed by atoms with E-state index in [1.165, 1.54) is 0 Å². The molecule has 1 N–H and O–H groups in total. The zero-order valence-corrected chi connectivity index (χ0v) is 14.6. The lowest BCUT2D eigenvalue weighted by Gasteiger charge is -2.45. The zero-order valence-electron chi connectivity index (χ0n) is 13.7. The fraction of sp³-hybridized carbons (Fsp3) is 0.867. The average Bonchev–Trinajstić information content (AvgIpc) is 2.32. The second-order valence-electron chi connectivity index (χ2n) is 7.16. The Morgan fingerprint density at radius 3 is 2.15 bits per heavy atom. The molecule has 2 atom stereocenters. The summed E-state index contributed by atoms with van der Waals surface area (Å²) in [5.41, 5.74) is -0.271. The second kappa shape index (κ2) is 5.96. The Labute approximate surface area is 127 Å². The maximum Gasteiger partial charge on any atom is 0.246 e. The second-order valence-corrected chi connectivity index (χ2v) is 8.68. The molecule has 2 unspecified atom stereocenters. The average molecular weight is 300 g/mol. The van der Waals surface area contributed by atoms with Crippen molar-refractivity contribution >= 4 is 23.6 Å². The van der Waals surface area contributed by atoms with Crippen molar-refractivity contribution in [2.24, 2.45) is 5.41 Å². The van der Waals surface area contributed by atoms with Gasteiger partial charge in [0.25, 0.3) is 0 Å². The molecule has 2 amide bonds. The lowest BCUT2D eigenvalue weighted by Crippen LogP contribution is -2.67. The summed E-state index contributed by atoms with van der Waals surface area (Å²) in [6.45, 7) is 12.7. The minimum Gasteiger partial charge on any atom is -0.342 e. The normalized spacial score (nSPS) is 24.9. The molecule has 5 heteroatoms. The van der Waals surface area contributed by atoms with Crippen LogP contribution in [-0.4, -0.2) is 46.3 Å². The lowest BCUT2D eigenvalue weighted by atomic mass is 9.83. The number of hydrogen-bond acceptors (Lipinski definition) is 3. The first-order chi connectivity index (χ1) is 9.03. The SMILES string of the molecule is CCC1C(=O)NC(C(C)(C)C)C(=O)N1CC(C)(C)SC. The van der Waals surface area contributed by atoms with Crippen molar-refractivity contribution in [3.63, 3.8) is 0 Å². The van der Waals surface area contributed by atoms with Crippen molar-refractivity contribution in [3.05, 3.63) is 0 Å². The first-order valence-electron chi connectivity index (χ1n) is 7.19. The van der Waals surface area contributed by atoms with Gasteiger partial charge < -0.3 is 10.2 Å². The van der Waals surface area contributed by atoms with Gasteiger partial charge in [0.05, 0.1) is 0 Å². The minimum absolute atomic E-state index is 0.0241. The first kappa shape index (κ1) is 17.3. The van der Waals surface area contributed by atoms with Crippen LogP contribution >= 0.6 is 11.8 Å². The molecule has 1 aliphatic heterocycles. The molecule has 1 rings (SSSR count). The van der Waals surface area contributed by atoms with Crippen LogP contribution in [0.4, 0.5) is 0 Å². The summed E-state index contributed by atoms with van der Waals surface area (Å²) in [6, 6.07) is -0.775. The van der Waals surface area contributed by atoms with E-state index in [1.807, 2.05) is 34.0 Å². The van der Waals surface area contributed by atoms with E-state index in [1.54, 1.807) is 16.7 Å². The van der Waals surface area contributed by atoms with E-state index in [0.717, 1.165) is 0 Å². The third-order valence-corrected chi connectivity index (χ3v) is 5.09. The van der Waals surface area contributed by atoms with Crippen molar-refractivity contribution in [3.8, 4) is 0 Å². The molecule has 116 valence electrons. The van der Waals surface area contributed by atoms with Gasteiger partial charge in [-0.3, -0.25) is 9.59 Å². The number of amides is 2. The Bertz CT molecular complexity index is 388. The standard InChI is InChI=1S/C15H28N2O2S/c1-8-10-12(18)16-11(14(2,3)4)13(19)17(10)9-15(5,6)20-7/h10-11H,8-9H2,1-7H3,(H,16,18). The van der Waals surface area contributed by atoms with E-state index in [4.69, 9.17) is 0 Å². The van der Waals surface area contributed by atoms with Crippen LogP contribution in [-0.2, 0) is 9.59 Å². The Morgan fingerprint density at radius 1 is 1.20 bits per heavy atom. The molecule has 0 aromatic heterocycles. The van der Waals surface area contributed by atoms with Crippen molar-refractivity contribution in [2.75, 3.05) is 12.8 Å². The van der Waals surface area contributed by atoms with Crippen molar-refractivity contribution in [1.29, 1.82) is 0 Å². The molecule has 1 fully saturated rings. The van der Waals surface area contributed by atoms with Gasteiger partial charge in [0.15, 0.2) is 0 Å². The number of rotatable bonds is 4. The zero-order chi connectivity index (χ0) is 15.7. The molecule has 1 saturated heterocycles. The molecule has 0 bridgehead atoms. The van der Waals surface area contributed by atoms with Crippen LogP contribution in [0.15, 0.2) is 0 Å². The highest BCUT2D eigenvalue weighted by molar-refractivity contribution is 7.99. The monoisotopic (exact) mass is 300 g/mol. The lowest BCUT2D eigenvalue weighted by molar-refractivity contribution is -0.152. The highest BCUT2D eigenvalue weighted by Crippen LogP contribution is 2.30. The molecule has 1 aliphatic rings. The number of hydrogen-bond donors (Lipinski definition) is 1. The molecule has 1 heterocycles. The van der Waals surface area contributed by atoms with Crippen LogP contribution in [0.25, 0.3) is 0 Å². The summed E-state index contributed by atoms with van der Waals surface area (Å²) in [4.78, 5) is 26.9. The Kier molecular flexibility index (Phi) is 5.17. The smallest absolute Gasteiger partial charge is 0.246 e. The van der Waals surface area contributed by atoms with Gasteiger partial charge in [0.1, 0.15) is 12.1 Å². The summed E-state index contributed by atoms with van der Waals surface area (Å²) < 4.78 is -0.0524. The summed E-state index contributed by atoms with van der Waals surface area (Å²) in [5.74, 6) is 0.0232. The van der Waals surface area contributed by atoms with Gasteiger partial charge in [0, 0.05) is 11.3 Å². The molecule has 0 aromatic rings. The molecule has 0 radical (unpaired) electrons. The molecule has 4 nitrogen and oxygen atoms in total. The van der Waals surface area contributed by atoms with Gasteiger partial charge in [-0.15, -0.1) is 0 Å². The van der Waals surface area contributed by atoms with Gasteiger partial charge in [-0.2, -0.15) is 11.8 Å². The number of nitrogens with zero attached hydrogens (tertiary/aromatic N) is 1. The molecule has 0 saturated carbocycles. The summed E-state index contributed by atoms with van der Waals surface area (Å²) >= 11 is 1.72. The Morgan fingerprint density at radius 2 is 1.75 bits per heavy atom. The first-order valence-corrected chi connectivity index (χ1v) is 8.42. The fourth-order valence-electron chi connectivity index (χ4n) is 2.42. The van der Waals surface area contributed by atoms with Gasteiger partial charge >= 0.3 is 0 Å². The van der Waals surface area contributed by atoms with Crippen LogP contribution in [0.5, 0.6) is 0 Å². The van der Waals surface area contributed by atoms with Crippen molar-refractivity contribution < 1.29 is 9.59 Å². The fourth-order valence-corrected chi connectivity index (χ4v) is 2.68. The molecular formula is C15H28N2O2S. The highest BCUT2D eigenvalue weighted by atomic mass is 32.2. The van der Waals surface area contributed by atoms with Crippen LogP contribution in [0.3, 0.4) is 0 Å². The maximum absolute atomic E-state index is 12.8. The summed E-state index contributed by atoms with van der Waals surface area (Å²) in [5, 5.41) is 2.90. The van der Waals surface area contributed by atoms with Crippen molar-refractivity contribution in [1.82, 2.24) is 10.2 Å².